The van der Waals surface area contributed by atoms with Crippen LogP contribution in [0.25, 0.3) is 43.8 Å². The zero-order valence-electron chi connectivity index (χ0n) is 33.8. The molecule has 2 heteroatoms. The molecule has 8 aromatic rings. The Morgan fingerprint density at radius 3 is 1.05 bits per heavy atom. The topological polar surface area (TPSA) is 0 Å². The molecule has 8 aromatic carbocycles. The molecule has 0 aliphatic carbocycles. The Bertz CT molecular complexity index is 2190. The van der Waals surface area contributed by atoms with Gasteiger partial charge in [0, 0.05) is 0 Å². The van der Waals surface area contributed by atoms with Crippen LogP contribution in [0.15, 0.2) is 170 Å². The Labute approximate surface area is 357 Å². The molecule has 0 unspecified atom stereocenters. The van der Waals surface area contributed by atoms with E-state index in [0.29, 0.717) is 0 Å². The fraction of sp³-hybridized carbons (Fsp3) is 0.185. The largest absolute Gasteiger partial charge is 4.00 e. The van der Waals surface area contributed by atoms with Crippen LogP contribution in [0.1, 0.15) is 64.5 Å². The molecular weight excluding hydrogens is 768 g/mol. The maximum Gasteiger partial charge on any atom is 4.00 e. The first kappa shape index (κ1) is 42.8. The molecule has 0 N–H and O–H groups in total. The van der Waals surface area contributed by atoms with Crippen LogP contribution < -0.4 is 20.7 Å². The minimum atomic E-state index is -2.98. The Balaban J connectivity index is 0.000000612. The second kappa shape index (κ2) is 20.7. The summed E-state index contributed by atoms with van der Waals surface area (Å²) < 4.78 is 0. The summed E-state index contributed by atoms with van der Waals surface area (Å²) in [7, 11) is -2.98. The van der Waals surface area contributed by atoms with Crippen molar-refractivity contribution in [3.05, 3.63) is 195 Å². The van der Waals surface area contributed by atoms with Gasteiger partial charge in [-0.2, -0.15) is 12.8 Å². The van der Waals surface area contributed by atoms with Crippen molar-refractivity contribution in [2.75, 3.05) is 0 Å². The van der Waals surface area contributed by atoms with E-state index in [4.69, 9.17) is 0 Å². The smallest absolute Gasteiger partial charge is 0.343 e. The predicted octanol–water partition coefficient (Wildman–Crippen LogP) is 12.5. The van der Waals surface area contributed by atoms with Gasteiger partial charge in [-0.3, -0.25) is 0 Å². The zero-order valence-corrected chi connectivity index (χ0v) is 37.3. The summed E-state index contributed by atoms with van der Waals surface area (Å²) in [5, 5.41) is 11.4. The number of hydrogen-bond donors (Lipinski definition) is 0. The van der Waals surface area contributed by atoms with Gasteiger partial charge in [0.2, 0.25) is 0 Å². The third-order valence-corrected chi connectivity index (χ3v) is 15.8. The van der Waals surface area contributed by atoms with Gasteiger partial charge in [-0.25, -0.2) is 0 Å². The van der Waals surface area contributed by atoms with Crippen LogP contribution in [0.4, 0.5) is 0 Å². The number of benzene rings is 6. The number of aryl methyl sites for hydroxylation is 2. The van der Waals surface area contributed by atoms with Gasteiger partial charge in [0.1, 0.15) is 0 Å². The van der Waals surface area contributed by atoms with E-state index in [0.717, 1.165) is 25.7 Å². The van der Waals surface area contributed by atoms with Crippen molar-refractivity contribution < 1.29 is 26.2 Å². The predicted molar refractivity (Wildman–Crippen MR) is 246 cm³/mol. The number of rotatable bonds is 10. The van der Waals surface area contributed by atoms with Gasteiger partial charge in [0.25, 0.3) is 0 Å². The Hall–Kier alpha value is -4.36. The molecule has 0 spiro atoms. The normalized spacial score (nSPS) is 11.0. The second-order valence-corrected chi connectivity index (χ2v) is 17.9. The molecule has 0 fully saturated rings. The molecule has 0 saturated carbocycles. The molecule has 0 aromatic heterocycles. The third-order valence-electron chi connectivity index (χ3n) is 10.8. The van der Waals surface area contributed by atoms with Crippen molar-refractivity contribution in [3.63, 3.8) is 0 Å². The number of unbranched alkanes of at least 4 members (excludes halogenated alkanes) is 2. The summed E-state index contributed by atoms with van der Waals surface area (Å²) in [5.74, 6) is 0. The monoisotopic (exact) mass is 822 g/mol. The van der Waals surface area contributed by atoms with Crippen LogP contribution in [0.5, 0.6) is 0 Å². The SMILES string of the molecule is CCc1[cH-]c2cccc(-c3ccccc3)c2c1[Si](c1ccccc1)(c1ccccc1)c1c(CC)[cH-]c2cccc(-c3ccccc3)c12.[CH2-]CCC.[CH2-]CCC.[Zr+4]. The molecule has 0 amide bonds. The van der Waals surface area contributed by atoms with Gasteiger partial charge in [-0.05, 0) is 24.0 Å². The van der Waals surface area contributed by atoms with E-state index in [1.807, 2.05) is 0 Å². The summed E-state index contributed by atoms with van der Waals surface area (Å²) in [6.45, 7) is 16.1. The summed E-state index contributed by atoms with van der Waals surface area (Å²) in [5.41, 5.74) is 8.08. The fourth-order valence-electron chi connectivity index (χ4n) is 8.16. The van der Waals surface area contributed by atoms with E-state index in [2.05, 4.69) is 211 Å². The van der Waals surface area contributed by atoms with Gasteiger partial charge < -0.3 is 13.8 Å². The molecule has 0 atom stereocenters. The van der Waals surface area contributed by atoms with E-state index in [1.54, 1.807) is 0 Å². The van der Waals surface area contributed by atoms with E-state index < -0.39 is 8.07 Å². The molecule has 0 heterocycles. The molecule has 280 valence electrons. The van der Waals surface area contributed by atoms with Gasteiger partial charge in [-0.15, -0.1) is 79.4 Å². The van der Waals surface area contributed by atoms with Crippen molar-refractivity contribution in [2.45, 2.75) is 66.2 Å². The number of hydrogen-bond acceptors (Lipinski definition) is 0. The van der Waals surface area contributed by atoms with Crippen molar-refractivity contribution in [3.8, 4) is 22.3 Å². The summed E-state index contributed by atoms with van der Waals surface area (Å²) in [6, 6.07) is 63.9. The van der Waals surface area contributed by atoms with Crippen LogP contribution in [0.2, 0.25) is 0 Å². The average molecular weight is 824 g/mol. The third kappa shape index (κ3) is 8.49. The fourth-order valence-corrected chi connectivity index (χ4v) is 14.0. The molecule has 56 heavy (non-hydrogen) atoms. The molecular formula is C54H56SiZr. The van der Waals surface area contributed by atoms with E-state index in [-0.39, 0.29) is 26.2 Å². The zero-order chi connectivity index (χ0) is 38.6. The van der Waals surface area contributed by atoms with Gasteiger partial charge in [0.05, 0.1) is 8.07 Å². The molecule has 0 bridgehead atoms. The Kier molecular flexibility index (Phi) is 15.8. The first-order valence-corrected chi connectivity index (χ1v) is 22.3. The van der Waals surface area contributed by atoms with Crippen LogP contribution in [-0.4, -0.2) is 8.07 Å². The maximum absolute atomic E-state index is 3.60. The van der Waals surface area contributed by atoms with Crippen molar-refractivity contribution in [2.24, 2.45) is 0 Å². The van der Waals surface area contributed by atoms with E-state index >= 15 is 0 Å². The minimum Gasteiger partial charge on any atom is -0.343 e. The molecule has 0 radical (unpaired) electrons. The van der Waals surface area contributed by atoms with Gasteiger partial charge in [-0.1, -0.05) is 195 Å². The van der Waals surface area contributed by atoms with Crippen molar-refractivity contribution in [1.82, 2.24) is 0 Å². The second-order valence-electron chi connectivity index (χ2n) is 14.3. The Morgan fingerprint density at radius 2 is 0.750 bits per heavy atom. The van der Waals surface area contributed by atoms with Crippen LogP contribution >= 0.6 is 0 Å². The minimum absolute atomic E-state index is 0. The first-order chi connectivity index (χ1) is 27.1. The molecule has 0 saturated heterocycles. The van der Waals surface area contributed by atoms with Crippen LogP contribution in [0, 0.1) is 13.8 Å². The Morgan fingerprint density at radius 1 is 0.429 bits per heavy atom. The van der Waals surface area contributed by atoms with Gasteiger partial charge in [0.15, 0.2) is 0 Å². The maximum atomic E-state index is 3.60. The van der Waals surface area contributed by atoms with Crippen LogP contribution in [0.3, 0.4) is 0 Å². The average Bonchev–Trinajstić information content (AvgIpc) is 3.85. The van der Waals surface area contributed by atoms with Gasteiger partial charge >= 0.3 is 26.2 Å². The summed E-state index contributed by atoms with van der Waals surface area (Å²) in [6.07, 6.45) is 6.50. The van der Waals surface area contributed by atoms with E-state index in [9.17, 15) is 0 Å². The molecule has 0 nitrogen and oxygen atoms in total. The number of fused-ring (bicyclic) bond motifs is 2. The van der Waals surface area contributed by atoms with Crippen molar-refractivity contribution >= 4 is 50.4 Å². The summed E-state index contributed by atoms with van der Waals surface area (Å²) in [4.78, 5) is 0. The first-order valence-electron chi connectivity index (χ1n) is 20.3. The quantitative estimate of drug-likeness (QED) is 0.0952. The summed E-state index contributed by atoms with van der Waals surface area (Å²) >= 11 is 0. The standard InChI is InChI=1S/C46H38Si.2C4H9.Zr/c1-3-33-31-37-23-17-29-41(35-19-9-5-10-20-35)43(37)45(33)47(39-25-13-7-14-26-39,40-27-15-8-16-28-40)46-34(4-2)32-38-24-18-30-42(44(38)46)36-21-11-6-12-22-36;2*1-3-4-2;/h5-32H,3-4H2,1-2H3;2*1,3-4H2,2H3;/q-2;2*-1;+4. The van der Waals surface area contributed by atoms with E-state index in [1.165, 1.54) is 88.5 Å². The van der Waals surface area contributed by atoms with Crippen LogP contribution in [-0.2, 0) is 39.0 Å². The molecule has 0 aliphatic heterocycles. The van der Waals surface area contributed by atoms with Crippen molar-refractivity contribution in [1.29, 1.82) is 0 Å². The molecule has 8 rings (SSSR count). The molecule has 0 aliphatic rings.